The molecule has 2 atom stereocenters. The number of piperidine rings is 1. The summed E-state index contributed by atoms with van der Waals surface area (Å²) in [5, 5.41) is 7.83. The summed E-state index contributed by atoms with van der Waals surface area (Å²) in [5.41, 5.74) is 1.45. The normalized spacial score (nSPS) is 31.2. The van der Waals surface area contributed by atoms with E-state index in [0.29, 0.717) is 12.1 Å². The topological polar surface area (TPSA) is 24.5 Å². The Kier molecular flexibility index (Phi) is 3.24. The van der Waals surface area contributed by atoms with Crippen molar-refractivity contribution in [1.29, 1.82) is 0 Å². The Morgan fingerprint density at radius 2 is 2.56 bits per heavy atom. The average molecular weight is 238 g/mol. The van der Waals surface area contributed by atoms with Gasteiger partial charge in [-0.3, -0.25) is 4.90 Å². The van der Waals surface area contributed by atoms with E-state index in [-0.39, 0.29) is 0 Å². The molecule has 3 rings (SSSR count). The fourth-order valence-electron chi connectivity index (χ4n) is 2.70. The van der Waals surface area contributed by atoms with E-state index in [4.69, 9.17) is 4.74 Å². The quantitative estimate of drug-likeness (QED) is 0.841. The zero-order valence-electron chi connectivity index (χ0n) is 9.39. The van der Waals surface area contributed by atoms with E-state index in [1.165, 1.54) is 12.0 Å². The molecule has 0 amide bonds. The second-order valence-corrected chi connectivity index (χ2v) is 5.35. The van der Waals surface area contributed by atoms with Gasteiger partial charge in [-0.25, -0.2) is 0 Å². The van der Waals surface area contributed by atoms with Crippen molar-refractivity contribution in [3.8, 4) is 0 Å². The van der Waals surface area contributed by atoms with Crippen LogP contribution in [0.4, 0.5) is 0 Å². The molecule has 0 radical (unpaired) electrons. The minimum absolute atomic E-state index is 0.404. The lowest BCUT2D eigenvalue weighted by Gasteiger charge is -2.43. The molecule has 2 saturated heterocycles. The molecule has 0 bridgehead atoms. The smallest absolute Gasteiger partial charge is 0.0855 e. The van der Waals surface area contributed by atoms with Crippen LogP contribution in [0.25, 0.3) is 0 Å². The van der Waals surface area contributed by atoms with E-state index in [0.717, 1.165) is 32.8 Å². The lowest BCUT2D eigenvalue weighted by Crippen LogP contribution is -2.57. The predicted octanol–water partition coefficient (Wildman–Crippen LogP) is 1.31. The molecule has 2 aliphatic rings. The van der Waals surface area contributed by atoms with E-state index in [2.05, 4.69) is 27.0 Å². The third-order valence-corrected chi connectivity index (χ3v) is 4.27. The Balaban J connectivity index is 1.68. The molecule has 4 heteroatoms. The molecular formula is C12H18N2OS. The molecule has 88 valence electrons. The SMILES string of the molecule is c1cc(CN2CCOC3CNCC[C@H]32)cs1. The first-order valence-electron chi connectivity index (χ1n) is 6.01. The maximum atomic E-state index is 5.83. The molecule has 3 heterocycles. The van der Waals surface area contributed by atoms with E-state index < -0.39 is 0 Å². The summed E-state index contributed by atoms with van der Waals surface area (Å²) in [6, 6.07) is 2.85. The molecule has 1 unspecified atom stereocenters. The van der Waals surface area contributed by atoms with Crippen LogP contribution in [-0.2, 0) is 11.3 Å². The molecule has 1 aromatic rings. The summed E-state index contributed by atoms with van der Waals surface area (Å²) in [6.45, 7) is 5.20. The highest BCUT2D eigenvalue weighted by Crippen LogP contribution is 2.22. The van der Waals surface area contributed by atoms with Crippen molar-refractivity contribution < 1.29 is 4.74 Å². The Bertz CT molecular complexity index is 326. The maximum absolute atomic E-state index is 5.83. The van der Waals surface area contributed by atoms with E-state index >= 15 is 0 Å². The van der Waals surface area contributed by atoms with Gasteiger partial charge in [0.25, 0.3) is 0 Å². The second-order valence-electron chi connectivity index (χ2n) is 4.57. The number of hydrogen-bond donors (Lipinski definition) is 1. The van der Waals surface area contributed by atoms with Crippen molar-refractivity contribution in [3.63, 3.8) is 0 Å². The molecule has 0 spiro atoms. The fraction of sp³-hybridized carbons (Fsp3) is 0.667. The minimum Gasteiger partial charge on any atom is -0.374 e. The average Bonchev–Trinajstić information content (AvgIpc) is 2.82. The number of nitrogens with one attached hydrogen (secondary N) is 1. The van der Waals surface area contributed by atoms with Crippen LogP contribution in [0.15, 0.2) is 16.8 Å². The Morgan fingerprint density at radius 3 is 3.44 bits per heavy atom. The Labute approximate surface area is 100 Å². The van der Waals surface area contributed by atoms with Gasteiger partial charge in [0.05, 0.1) is 12.7 Å². The van der Waals surface area contributed by atoms with Gasteiger partial charge in [-0.05, 0) is 35.4 Å². The van der Waals surface area contributed by atoms with Gasteiger partial charge in [-0.1, -0.05) is 0 Å². The molecule has 1 aromatic heterocycles. The molecule has 0 aliphatic carbocycles. The summed E-state index contributed by atoms with van der Waals surface area (Å²) >= 11 is 1.79. The van der Waals surface area contributed by atoms with Crippen LogP contribution in [0.5, 0.6) is 0 Å². The summed E-state index contributed by atoms with van der Waals surface area (Å²) in [4.78, 5) is 2.59. The molecule has 0 saturated carbocycles. The van der Waals surface area contributed by atoms with Gasteiger partial charge in [0.15, 0.2) is 0 Å². The fourth-order valence-corrected chi connectivity index (χ4v) is 3.36. The van der Waals surface area contributed by atoms with Crippen molar-refractivity contribution >= 4 is 11.3 Å². The number of nitrogens with zero attached hydrogens (tertiary/aromatic N) is 1. The highest BCUT2D eigenvalue weighted by atomic mass is 32.1. The van der Waals surface area contributed by atoms with Gasteiger partial charge in [0, 0.05) is 25.7 Å². The van der Waals surface area contributed by atoms with Crippen LogP contribution in [0.3, 0.4) is 0 Å². The summed E-state index contributed by atoms with van der Waals surface area (Å²) in [6.07, 6.45) is 1.62. The zero-order valence-corrected chi connectivity index (χ0v) is 10.2. The molecule has 2 aliphatic heterocycles. The van der Waals surface area contributed by atoms with Crippen molar-refractivity contribution in [2.75, 3.05) is 26.2 Å². The highest BCUT2D eigenvalue weighted by Gasteiger charge is 2.33. The Hall–Kier alpha value is -0.420. The van der Waals surface area contributed by atoms with Gasteiger partial charge in [0.2, 0.25) is 0 Å². The first-order valence-corrected chi connectivity index (χ1v) is 6.95. The number of fused-ring (bicyclic) bond motifs is 1. The van der Waals surface area contributed by atoms with Crippen LogP contribution in [0.2, 0.25) is 0 Å². The van der Waals surface area contributed by atoms with Crippen LogP contribution in [-0.4, -0.2) is 43.3 Å². The van der Waals surface area contributed by atoms with Crippen molar-refractivity contribution in [1.82, 2.24) is 10.2 Å². The molecule has 0 aromatic carbocycles. The number of thiophene rings is 1. The number of hydrogen-bond acceptors (Lipinski definition) is 4. The van der Waals surface area contributed by atoms with Gasteiger partial charge >= 0.3 is 0 Å². The van der Waals surface area contributed by atoms with E-state index in [1.807, 2.05) is 0 Å². The van der Waals surface area contributed by atoms with Gasteiger partial charge in [-0.2, -0.15) is 11.3 Å². The number of rotatable bonds is 2. The van der Waals surface area contributed by atoms with Gasteiger partial charge in [0.1, 0.15) is 0 Å². The van der Waals surface area contributed by atoms with Gasteiger partial charge < -0.3 is 10.1 Å². The summed E-state index contributed by atoms with van der Waals surface area (Å²) in [5.74, 6) is 0. The summed E-state index contributed by atoms with van der Waals surface area (Å²) in [7, 11) is 0. The summed E-state index contributed by atoms with van der Waals surface area (Å²) < 4.78 is 5.83. The van der Waals surface area contributed by atoms with E-state index in [9.17, 15) is 0 Å². The van der Waals surface area contributed by atoms with Crippen molar-refractivity contribution in [2.45, 2.75) is 25.1 Å². The lowest BCUT2D eigenvalue weighted by atomic mass is 9.99. The number of morpholine rings is 1. The molecular weight excluding hydrogens is 220 g/mol. The number of ether oxygens (including phenoxy) is 1. The third-order valence-electron chi connectivity index (χ3n) is 3.54. The zero-order chi connectivity index (χ0) is 10.8. The molecule has 16 heavy (non-hydrogen) atoms. The highest BCUT2D eigenvalue weighted by molar-refractivity contribution is 7.07. The first-order chi connectivity index (χ1) is 7.93. The standard InChI is InChI=1S/C12H18N2OS/c1-3-13-7-12-11(1)14(4-5-15-12)8-10-2-6-16-9-10/h2,6,9,11-13H,1,3-5,7-8H2/t11-,12?/m1/s1. The van der Waals surface area contributed by atoms with Crippen molar-refractivity contribution in [3.05, 3.63) is 22.4 Å². The monoisotopic (exact) mass is 238 g/mol. The molecule has 1 N–H and O–H groups in total. The lowest BCUT2D eigenvalue weighted by molar-refractivity contribution is -0.0842. The first kappa shape index (κ1) is 10.7. The molecule has 3 nitrogen and oxygen atoms in total. The minimum atomic E-state index is 0.404. The molecule has 2 fully saturated rings. The third kappa shape index (κ3) is 2.15. The van der Waals surface area contributed by atoms with Crippen LogP contribution in [0, 0.1) is 0 Å². The second kappa shape index (κ2) is 4.84. The largest absolute Gasteiger partial charge is 0.374 e. The van der Waals surface area contributed by atoms with Crippen LogP contribution < -0.4 is 5.32 Å². The van der Waals surface area contributed by atoms with Crippen LogP contribution in [0.1, 0.15) is 12.0 Å². The van der Waals surface area contributed by atoms with Crippen LogP contribution >= 0.6 is 11.3 Å². The Morgan fingerprint density at radius 1 is 1.56 bits per heavy atom. The van der Waals surface area contributed by atoms with Crippen molar-refractivity contribution in [2.24, 2.45) is 0 Å². The maximum Gasteiger partial charge on any atom is 0.0855 e. The van der Waals surface area contributed by atoms with Gasteiger partial charge in [-0.15, -0.1) is 0 Å². The predicted molar refractivity (Wildman–Crippen MR) is 65.7 cm³/mol. The van der Waals surface area contributed by atoms with E-state index in [1.54, 1.807) is 11.3 Å².